The maximum atomic E-state index is 11.8. The summed E-state index contributed by atoms with van der Waals surface area (Å²) in [5.41, 5.74) is 0.316. The molecule has 4 unspecified atom stereocenters. The third kappa shape index (κ3) is 167. The molecule has 0 aliphatic carbocycles. The number of ether oxygens (including phenoxy) is 2. The van der Waals surface area contributed by atoms with Crippen LogP contribution in [0.4, 0.5) is 0 Å². The average molecular weight is 990 g/mol. The molecule has 0 heterocycles. The molecule has 0 saturated carbocycles. The van der Waals surface area contributed by atoms with E-state index in [4.69, 9.17) is 40.1 Å². The lowest BCUT2D eigenvalue weighted by Crippen LogP contribution is -2.18. The fourth-order valence-corrected chi connectivity index (χ4v) is 2.22. The van der Waals surface area contributed by atoms with Crippen molar-refractivity contribution in [3.8, 4) is 0 Å². The molecule has 0 spiro atoms. The molecular weight excluding hydrogens is 857 g/mol. The van der Waals surface area contributed by atoms with Crippen molar-refractivity contribution in [2.24, 2.45) is 17.8 Å². The van der Waals surface area contributed by atoms with Crippen molar-refractivity contribution in [2.75, 3.05) is 19.8 Å². The predicted octanol–water partition coefficient (Wildman–Crippen LogP) is 16.6. The fraction of sp³-hybridized carbons (Fsp3) is 0.862. The molecule has 68 heavy (non-hydrogen) atoms. The zero-order valence-corrected chi connectivity index (χ0v) is 51.7. The minimum absolute atomic E-state index is 0.0648. The van der Waals surface area contributed by atoms with Crippen LogP contribution in [0.25, 0.3) is 0 Å². The Labute approximate surface area is 429 Å². The molecule has 0 fully saturated rings. The van der Waals surface area contributed by atoms with Gasteiger partial charge in [0.15, 0.2) is 0 Å². The van der Waals surface area contributed by atoms with Crippen LogP contribution in [0.5, 0.6) is 0 Å². The van der Waals surface area contributed by atoms with Crippen LogP contribution >= 0.6 is 0 Å². The minimum atomic E-state index is -0.747. The third-order valence-corrected chi connectivity index (χ3v) is 5.18. The lowest BCUT2D eigenvalue weighted by molar-refractivity contribution is 0.0288. The molecule has 0 amide bonds. The van der Waals surface area contributed by atoms with Gasteiger partial charge in [-0.25, -0.2) is 9.59 Å². The summed E-state index contributed by atoms with van der Waals surface area (Å²) in [6.45, 7) is 60.8. The molecule has 4 atom stereocenters. The van der Waals surface area contributed by atoms with Crippen LogP contribution in [-0.4, -0.2) is 92.9 Å². The van der Waals surface area contributed by atoms with Crippen LogP contribution in [0.1, 0.15) is 286 Å². The molecule has 0 radical (unpaired) electrons. The quantitative estimate of drug-likeness (QED) is 0.104. The number of carbonyl (C=O) groups is 2. The van der Waals surface area contributed by atoms with Crippen LogP contribution in [0.15, 0.2) is 24.3 Å². The van der Waals surface area contributed by atoms with Crippen molar-refractivity contribution >= 4 is 11.9 Å². The molecule has 424 valence electrons. The highest BCUT2D eigenvalue weighted by atomic mass is 16.5. The molecule has 10 heteroatoms. The summed E-state index contributed by atoms with van der Waals surface area (Å²) in [6.07, 6.45) is 6.95. The standard InChI is InChI=1S/C14H18O5.2C5H12O.C4H10O2.C4H10O.3C4H10.2C3H8.4C2H6/c1-3-8-18-13(16)11-6-4-5-7-12(11)14(17)19-9-10(2)15;1-3-4-5(2)6;1-3-5(6)4-2;1-2-4(6)3-5;1-3-4(2)5;3*1-4(2)3;2*1-3-2;4*1-2/h4-7,10,15H,3,8-9H2,1-2H3;2*5-6H,3-4H2,1-2H3;4-6H,2-3H2,1H3;4-5H,3H2,1-2H3;3*4H,1-3H3;2*3H2,1-2H3;4*1-2H3. The summed E-state index contributed by atoms with van der Waals surface area (Å²) in [5.74, 6) is 1.30. The zero-order chi connectivity index (χ0) is 57.7. The summed E-state index contributed by atoms with van der Waals surface area (Å²) < 4.78 is 9.89. The van der Waals surface area contributed by atoms with Crippen molar-refractivity contribution in [2.45, 2.75) is 296 Å². The second-order valence-electron chi connectivity index (χ2n) is 16.3. The van der Waals surface area contributed by atoms with Gasteiger partial charge in [0.1, 0.15) is 6.61 Å². The maximum Gasteiger partial charge on any atom is 0.339 e. The average Bonchev–Trinajstić information content (AvgIpc) is 3.30. The van der Waals surface area contributed by atoms with E-state index < -0.39 is 24.1 Å². The van der Waals surface area contributed by atoms with Gasteiger partial charge in [0.25, 0.3) is 0 Å². The first-order chi connectivity index (χ1) is 31.7. The first-order valence-electron chi connectivity index (χ1n) is 27.2. The summed E-state index contributed by atoms with van der Waals surface area (Å²) in [4.78, 5) is 23.6. The first kappa shape index (κ1) is 99.2. The van der Waals surface area contributed by atoms with E-state index in [1.165, 1.54) is 31.9 Å². The van der Waals surface area contributed by atoms with Gasteiger partial charge in [-0.15, -0.1) is 0 Å². The van der Waals surface area contributed by atoms with E-state index in [9.17, 15) is 9.59 Å². The minimum Gasteiger partial charge on any atom is -0.462 e. The predicted molar refractivity (Wildman–Crippen MR) is 306 cm³/mol. The lowest BCUT2D eigenvalue weighted by atomic mass is 10.1. The Balaban J connectivity index is -0.0000000478. The van der Waals surface area contributed by atoms with E-state index in [1.807, 2.05) is 96.9 Å². The molecule has 1 aromatic carbocycles. The molecular formula is C58H132O10. The van der Waals surface area contributed by atoms with Gasteiger partial charge in [0.05, 0.1) is 54.9 Å². The molecule has 10 nitrogen and oxygen atoms in total. The zero-order valence-electron chi connectivity index (χ0n) is 51.7. The number of carbonyl (C=O) groups excluding carboxylic acids is 2. The molecule has 0 aromatic heterocycles. The van der Waals surface area contributed by atoms with Crippen LogP contribution < -0.4 is 0 Å². The lowest BCUT2D eigenvalue weighted by Gasteiger charge is -2.10. The molecule has 6 N–H and O–H groups in total. The number of rotatable bonds is 13. The van der Waals surface area contributed by atoms with E-state index in [1.54, 1.807) is 19.1 Å². The van der Waals surface area contributed by atoms with Crippen LogP contribution in [0.2, 0.25) is 0 Å². The molecule has 1 aromatic rings. The fourth-order valence-electron chi connectivity index (χ4n) is 2.22. The molecule has 0 saturated heterocycles. The van der Waals surface area contributed by atoms with Crippen LogP contribution in [0.3, 0.4) is 0 Å². The summed E-state index contributed by atoms with van der Waals surface area (Å²) in [5, 5.41) is 51.2. The highest BCUT2D eigenvalue weighted by molar-refractivity contribution is 6.03. The van der Waals surface area contributed by atoms with Gasteiger partial charge < -0.3 is 40.1 Å². The Kier molecular flexibility index (Phi) is 144. The summed E-state index contributed by atoms with van der Waals surface area (Å²) in [7, 11) is 0. The number of hydrogen-bond acceptors (Lipinski definition) is 10. The Morgan fingerprint density at radius 3 is 0.838 bits per heavy atom. The third-order valence-electron chi connectivity index (χ3n) is 5.18. The first-order valence-corrected chi connectivity index (χ1v) is 27.2. The van der Waals surface area contributed by atoms with Crippen molar-refractivity contribution < 1.29 is 49.7 Å². The molecule has 0 aliphatic rings. The Bertz CT molecular complexity index is 847. The molecule has 1 rings (SSSR count). The SMILES string of the molecule is CC.CC.CC.CC.CC(C)C.CC(C)C.CC(C)C.CCC.CCC.CCC(C)O.CCC(O)CC.CCC(O)CO.CCCC(C)O.CCCOC(=O)c1ccccc1C(=O)OCC(C)O. The van der Waals surface area contributed by atoms with E-state index in [0.29, 0.717) is 19.4 Å². The molecule has 0 aliphatic heterocycles. The van der Waals surface area contributed by atoms with Crippen molar-refractivity contribution in [3.05, 3.63) is 35.4 Å². The van der Waals surface area contributed by atoms with Gasteiger partial charge in [-0.05, 0) is 89.2 Å². The van der Waals surface area contributed by atoms with Crippen molar-refractivity contribution in [1.29, 1.82) is 0 Å². The second kappa shape index (κ2) is 98.4. The smallest absolute Gasteiger partial charge is 0.339 e. The maximum absolute atomic E-state index is 11.8. The highest BCUT2D eigenvalue weighted by Crippen LogP contribution is 2.12. The number of benzene rings is 1. The summed E-state index contributed by atoms with van der Waals surface area (Å²) in [6, 6.07) is 6.29. The summed E-state index contributed by atoms with van der Waals surface area (Å²) >= 11 is 0. The van der Waals surface area contributed by atoms with E-state index in [0.717, 1.165) is 49.9 Å². The highest BCUT2D eigenvalue weighted by Gasteiger charge is 2.19. The Hall–Kier alpha value is -2.08. The van der Waals surface area contributed by atoms with Gasteiger partial charge in [-0.3, -0.25) is 0 Å². The van der Waals surface area contributed by atoms with Crippen LogP contribution in [-0.2, 0) is 9.47 Å². The monoisotopic (exact) mass is 989 g/mol. The largest absolute Gasteiger partial charge is 0.462 e. The normalized spacial score (nSPS) is 10.3. The van der Waals surface area contributed by atoms with E-state index >= 15 is 0 Å². The molecule has 0 bridgehead atoms. The Morgan fingerprint density at radius 1 is 0.441 bits per heavy atom. The van der Waals surface area contributed by atoms with Gasteiger partial charge >= 0.3 is 11.9 Å². The van der Waals surface area contributed by atoms with Gasteiger partial charge in [-0.2, -0.15) is 0 Å². The Morgan fingerprint density at radius 2 is 0.706 bits per heavy atom. The number of hydrogen-bond donors (Lipinski definition) is 6. The number of aliphatic hydroxyl groups is 6. The van der Waals surface area contributed by atoms with Gasteiger partial charge in [0, 0.05) is 0 Å². The van der Waals surface area contributed by atoms with Gasteiger partial charge in [0.2, 0.25) is 0 Å². The van der Waals surface area contributed by atoms with E-state index in [-0.39, 0.29) is 42.7 Å². The number of esters is 2. The second-order valence-corrected chi connectivity index (χ2v) is 16.3. The van der Waals surface area contributed by atoms with Crippen molar-refractivity contribution in [1.82, 2.24) is 0 Å². The van der Waals surface area contributed by atoms with Crippen molar-refractivity contribution in [3.63, 3.8) is 0 Å². The van der Waals surface area contributed by atoms with Gasteiger partial charge in [-0.1, -0.05) is 218 Å². The van der Waals surface area contributed by atoms with Crippen LogP contribution in [0, 0.1) is 17.8 Å². The number of aliphatic hydroxyl groups excluding tert-OH is 6. The topological polar surface area (TPSA) is 174 Å². The van der Waals surface area contributed by atoms with E-state index in [2.05, 4.69) is 96.9 Å².